The minimum atomic E-state index is -0.907. The molecule has 0 heterocycles. The van der Waals surface area contributed by atoms with Gasteiger partial charge in [-0.1, -0.05) is 6.92 Å². The number of rotatable bonds is 4. The van der Waals surface area contributed by atoms with E-state index in [-0.39, 0.29) is 17.7 Å². The van der Waals surface area contributed by atoms with Crippen molar-refractivity contribution in [3.8, 4) is 0 Å². The van der Waals surface area contributed by atoms with E-state index in [0.29, 0.717) is 18.4 Å². The van der Waals surface area contributed by atoms with Crippen LogP contribution >= 0.6 is 0 Å². The van der Waals surface area contributed by atoms with Crippen LogP contribution in [0.5, 0.6) is 0 Å². The average Bonchev–Trinajstić information content (AvgIpc) is 2.36. The smallest absolute Gasteiger partial charge is 0.330 e. The second-order valence-corrected chi connectivity index (χ2v) is 7.11. The van der Waals surface area contributed by atoms with Gasteiger partial charge in [0, 0.05) is 13.5 Å². The molecule has 0 aromatic heterocycles. The third-order valence-electron chi connectivity index (χ3n) is 6.00. The van der Waals surface area contributed by atoms with E-state index in [0.717, 1.165) is 32.1 Å². The van der Waals surface area contributed by atoms with E-state index in [1.165, 1.54) is 13.3 Å². The molecule has 4 saturated carbocycles. The van der Waals surface area contributed by atoms with Crippen LogP contribution < -0.4 is 0 Å². The molecule has 0 atom stereocenters. The lowest BCUT2D eigenvalue weighted by Gasteiger charge is -2.62. The summed E-state index contributed by atoms with van der Waals surface area (Å²) in [6.07, 6.45) is 6.14. The highest BCUT2D eigenvalue weighted by molar-refractivity contribution is 5.87. The fraction of sp³-hybridized carbons (Fsp3) is 0.875. The molecule has 4 fully saturated rings. The maximum Gasteiger partial charge on any atom is 0.330 e. The zero-order valence-electron chi connectivity index (χ0n) is 12.5. The second-order valence-electron chi connectivity index (χ2n) is 7.11. The van der Waals surface area contributed by atoms with Gasteiger partial charge in [0.15, 0.2) is 0 Å². The molecule has 4 nitrogen and oxygen atoms in total. The molecule has 112 valence electrons. The van der Waals surface area contributed by atoms with Crippen LogP contribution in [0.4, 0.5) is 0 Å². The zero-order valence-corrected chi connectivity index (χ0v) is 12.5. The number of hydrogen-bond donors (Lipinski definition) is 1. The zero-order chi connectivity index (χ0) is 14.5. The van der Waals surface area contributed by atoms with Gasteiger partial charge < -0.3 is 10.0 Å². The third-order valence-corrected chi connectivity index (χ3v) is 6.00. The molecule has 4 heteroatoms. The normalized spacial score (nSPS) is 41.7. The van der Waals surface area contributed by atoms with Gasteiger partial charge in [-0.2, -0.15) is 0 Å². The molecule has 0 aromatic rings. The highest BCUT2D eigenvalue weighted by Crippen LogP contribution is 2.60. The van der Waals surface area contributed by atoms with Gasteiger partial charge in [0.2, 0.25) is 5.91 Å². The van der Waals surface area contributed by atoms with Crippen molar-refractivity contribution in [3.05, 3.63) is 0 Å². The molecule has 0 aromatic carbocycles. The van der Waals surface area contributed by atoms with Gasteiger partial charge in [0.05, 0.1) is 0 Å². The van der Waals surface area contributed by atoms with Crippen molar-refractivity contribution in [2.75, 3.05) is 6.54 Å². The standard InChI is InChI=1S/C16H25NO3/c1-3-4-17(10(2)18)16(15(19)20)13-6-11-5-12(8-13)9-14(16)7-11/h11-14H,3-9H2,1-2H3,(H,19,20). The second kappa shape index (κ2) is 4.74. The molecule has 1 N–H and O–H groups in total. The molecule has 4 rings (SSSR count). The van der Waals surface area contributed by atoms with Crippen molar-refractivity contribution in [3.63, 3.8) is 0 Å². The first-order chi connectivity index (χ1) is 9.50. The number of carbonyl (C=O) groups excluding carboxylic acids is 1. The maximum atomic E-state index is 12.2. The van der Waals surface area contributed by atoms with Gasteiger partial charge in [0.25, 0.3) is 0 Å². The minimum absolute atomic E-state index is 0.0678. The van der Waals surface area contributed by atoms with Crippen LogP contribution in [0.15, 0.2) is 0 Å². The van der Waals surface area contributed by atoms with Crippen LogP contribution in [-0.4, -0.2) is 34.0 Å². The van der Waals surface area contributed by atoms with E-state index in [4.69, 9.17) is 0 Å². The fourth-order valence-electron chi connectivity index (χ4n) is 5.63. The van der Waals surface area contributed by atoms with Crippen LogP contribution in [0.3, 0.4) is 0 Å². The highest BCUT2D eigenvalue weighted by atomic mass is 16.4. The van der Waals surface area contributed by atoms with Crippen molar-refractivity contribution >= 4 is 11.9 Å². The van der Waals surface area contributed by atoms with Gasteiger partial charge in [-0.15, -0.1) is 0 Å². The average molecular weight is 279 g/mol. The topological polar surface area (TPSA) is 57.6 Å². The lowest BCUT2D eigenvalue weighted by Crippen LogP contribution is -2.71. The van der Waals surface area contributed by atoms with Crippen molar-refractivity contribution < 1.29 is 14.7 Å². The lowest BCUT2D eigenvalue weighted by atomic mass is 9.48. The van der Waals surface area contributed by atoms with Gasteiger partial charge in [-0.05, 0) is 62.2 Å². The van der Waals surface area contributed by atoms with E-state index in [1.807, 2.05) is 6.92 Å². The number of carboxylic acid groups (broad SMARTS) is 1. The van der Waals surface area contributed by atoms with E-state index in [1.54, 1.807) is 4.90 Å². The first-order valence-electron chi connectivity index (χ1n) is 8.01. The Morgan fingerprint density at radius 1 is 1.10 bits per heavy atom. The van der Waals surface area contributed by atoms with Crippen LogP contribution in [0.2, 0.25) is 0 Å². The highest BCUT2D eigenvalue weighted by Gasteiger charge is 2.64. The molecule has 4 aliphatic rings. The summed E-state index contributed by atoms with van der Waals surface area (Å²) in [6, 6.07) is 0. The summed E-state index contributed by atoms with van der Waals surface area (Å²) in [6.45, 7) is 4.12. The van der Waals surface area contributed by atoms with Crippen molar-refractivity contribution in [2.24, 2.45) is 23.7 Å². The van der Waals surface area contributed by atoms with Gasteiger partial charge >= 0.3 is 5.97 Å². The van der Waals surface area contributed by atoms with E-state index < -0.39 is 11.5 Å². The molecule has 0 radical (unpaired) electrons. The van der Waals surface area contributed by atoms with Crippen LogP contribution in [0, 0.1) is 23.7 Å². The summed E-state index contributed by atoms with van der Waals surface area (Å²) in [5.41, 5.74) is -0.907. The Balaban J connectivity index is 2.03. The van der Waals surface area contributed by atoms with E-state index in [9.17, 15) is 14.7 Å². The molecule has 0 spiro atoms. The largest absolute Gasteiger partial charge is 0.479 e. The summed E-state index contributed by atoms with van der Waals surface area (Å²) in [5, 5.41) is 10.0. The number of hydrogen-bond acceptors (Lipinski definition) is 2. The number of aliphatic carboxylic acids is 1. The molecule has 4 aliphatic carbocycles. The van der Waals surface area contributed by atoms with Crippen LogP contribution in [-0.2, 0) is 9.59 Å². The first-order valence-corrected chi connectivity index (χ1v) is 8.01. The Kier molecular flexibility index (Phi) is 3.30. The molecule has 0 aliphatic heterocycles. The molecule has 1 amide bonds. The quantitative estimate of drug-likeness (QED) is 0.860. The van der Waals surface area contributed by atoms with Crippen LogP contribution in [0.1, 0.15) is 52.4 Å². The summed E-state index contributed by atoms with van der Waals surface area (Å²) in [4.78, 5) is 26.1. The first kappa shape index (κ1) is 13.9. The molecular weight excluding hydrogens is 254 g/mol. The Hall–Kier alpha value is -1.06. The predicted octanol–water partition coefficient (Wildman–Crippen LogP) is 2.52. The van der Waals surface area contributed by atoms with E-state index in [2.05, 4.69) is 0 Å². The molecule has 4 bridgehead atoms. The Morgan fingerprint density at radius 3 is 1.95 bits per heavy atom. The predicted molar refractivity (Wildman–Crippen MR) is 75.1 cm³/mol. The van der Waals surface area contributed by atoms with Gasteiger partial charge in [0.1, 0.15) is 5.54 Å². The number of nitrogens with zero attached hydrogens (tertiary/aromatic N) is 1. The number of carbonyl (C=O) groups is 2. The number of carboxylic acids is 1. The number of amides is 1. The van der Waals surface area contributed by atoms with E-state index >= 15 is 0 Å². The minimum Gasteiger partial charge on any atom is -0.479 e. The summed E-state index contributed by atoms with van der Waals surface area (Å²) in [5.74, 6) is 0.941. The summed E-state index contributed by atoms with van der Waals surface area (Å²) in [7, 11) is 0. The summed E-state index contributed by atoms with van der Waals surface area (Å²) < 4.78 is 0. The molecular formula is C16H25NO3. The summed E-state index contributed by atoms with van der Waals surface area (Å²) >= 11 is 0. The van der Waals surface area contributed by atoms with Crippen molar-refractivity contribution in [2.45, 2.75) is 57.9 Å². The van der Waals surface area contributed by atoms with Gasteiger partial charge in [-0.3, -0.25) is 4.79 Å². The molecule has 0 unspecified atom stereocenters. The Morgan fingerprint density at radius 2 is 1.60 bits per heavy atom. The maximum absolute atomic E-state index is 12.2. The lowest BCUT2D eigenvalue weighted by molar-refractivity contribution is -0.189. The van der Waals surface area contributed by atoms with Crippen molar-refractivity contribution in [1.82, 2.24) is 4.90 Å². The Bertz CT molecular complexity index is 403. The Labute approximate surface area is 120 Å². The molecule has 20 heavy (non-hydrogen) atoms. The van der Waals surface area contributed by atoms with Gasteiger partial charge in [-0.25, -0.2) is 4.79 Å². The monoisotopic (exact) mass is 279 g/mol. The molecule has 0 saturated heterocycles. The van der Waals surface area contributed by atoms with Crippen LogP contribution in [0.25, 0.3) is 0 Å². The third kappa shape index (κ3) is 1.73. The SMILES string of the molecule is CCCN(C(C)=O)C1(C(=O)O)C2CC3CC(C2)CC1C3. The van der Waals surface area contributed by atoms with Crippen molar-refractivity contribution in [1.29, 1.82) is 0 Å². The fourth-order valence-corrected chi connectivity index (χ4v) is 5.63.